The molecular weight excluding hydrogens is 278 g/mol. The number of nitrogens with zero attached hydrogens (tertiary/aromatic N) is 3. The van der Waals surface area contributed by atoms with Gasteiger partial charge in [-0.15, -0.1) is 11.3 Å². The lowest BCUT2D eigenvalue weighted by Crippen LogP contribution is -2.08. The molecule has 2 heterocycles. The van der Waals surface area contributed by atoms with Crippen molar-refractivity contribution in [2.24, 2.45) is 7.05 Å². The zero-order chi connectivity index (χ0) is 10.8. The number of ketones is 1. The topological polar surface area (TPSA) is 47.8 Å². The molecule has 0 aliphatic heterocycles. The quantitative estimate of drug-likeness (QED) is 0.811. The fourth-order valence-electron chi connectivity index (χ4n) is 1.18. The molecule has 78 valence electrons. The number of halogens is 1. The van der Waals surface area contributed by atoms with Crippen molar-refractivity contribution in [2.75, 3.05) is 0 Å². The Bertz CT molecular complexity index is 491. The largest absolute Gasteiger partial charge is 0.294 e. The Morgan fingerprint density at radius 2 is 2.47 bits per heavy atom. The highest BCUT2D eigenvalue weighted by Gasteiger charge is 2.11. The first-order chi connectivity index (χ1) is 7.16. The second-order valence-electron chi connectivity index (χ2n) is 3.04. The van der Waals surface area contributed by atoms with Gasteiger partial charge in [0.15, 0.2) is 5.78 Å². The average molecular weight is 286 g/mol. The van der Waals surface area contributed by atoms with Crippen molar-refractivity contribution in [3.05, 3.63) is 32.9 Å². The lowest BCUT2D eigenvalue weighted by Gasteiger charge is -1.97. The van der Waals surface area contributed by atoms with Crippen molar-refractivity contribution in [1.82, 2.24) is 14.8 Å². The summed E-state index contributed by atoms with van der Waals surface area (Å²) in [6, 6.07) is 1.82. The first-order valence-corrected chi connectivity index (χ1v) is 5.94. The Balaban J connectivity index is 2.14. The van der Waals surface area contributed by atoms with E-state index < -0.39 is 0 Å². The predicted octanol–water partition coefficient (Wildman–Crippen LogP) is 2.06. The van der Waals surface area contributed by atoms with Crippen molar-refractivity contribution >= 4 is 33.0 Å². The van der Waals surface area contributed by atoms with Crippen molar-refractivity contribution in [3.63, 3.8) is 0 Å². The van der Waals surface area contributed by atoms with E-state index in [2.05, 4.69) is 26.0 Å². The molecule has 0 radical (unpaired) electrons. The molecule has 0 aliphatic carbocycles. The monoisotopic (exact) mass is 285 g/mol. The van der Waals surface area contributed by atoms with E-state index in [4.69, 9.17) is 0 Å². The van der Waals surface area contributed by atoms with Crippen LogP contribution in [0.15, 0.2) is 21.6 Å². The molecule has 0 amide bonds. The maximum atomic E-state index is 11.8. The molecule has 4 nitrogen and oxygen atoms in total. The summed E-state index contributed by atoms with van der Waals surface area (Å²) in [6.07, 6.45) is 1.74. The second-order valence-corrected chi connectivity index (χ2v) is 5.33. The van der Waals surface area contributed by atoms with Gasteiger partial charge in [0.25, 0.3) is 0 Å². The molecule has 0 aromatic carbocycles. The Morgan fingerprint density at radius 1 is 1.67 bits per heavy atom. The van der Waals surface area contributed by atoms with Crippen LogP contribution in [-0.2, 0) is 13.5 Å². The summed E-state index contributed by atoms with van der Waals surface area (Å²) in [5.74, 6) is 0.746. The van der Waals surface area contributed by atoms with Crippen LogP contribution in [0.2, 0.25) is 0 Å². The Labute approximate surface area is 99.1 Å². The molecule has 15 heavy (non-hydrogen) atoms. The van der Waals surface area contributed by atoms with Gasteiger partial charge in [0, 0.05) is 18.0 Å². The summed E-state index contributed by atoms with van der Waals surface area (Å²) in [5.41, 5.74) is 0.717. The molecule has 0 saturated heterocycles. The van der Waals surface area contributed by atoms with Crippen molar-refractivity contribution in [2.45, 2.75) is 6.42 Å². The van der Waals surface area contributed by atoms with Gasteiger partial charge in [-0.1, -0.05) is 0 Å². The molecule has 0 spiro atoms. The lowest BCUT2D eigenvalue weighted by atomic mass is 10.1. The Morgan fingerprint density at radius 3 is 3.00 bits per heavy atom. The normalized spacial score (nSPS) is 10.5. The minimum Gasteiger partial charge on any atom is -0.294 e. The second kappa shape index (κ2) is 4.24. The summed E-state index contributed by atoms with van der Waals surface area (Å²) < 4.78 is 2.57. The van der Waals surface area contributed by atoms with Gasteiger partial charge < -0.3 is 0 Å². The third-order valence-corrected chi connectivity index (χ3v) is 3.52. The van der Waals surface area contributed by atoms with E-state index in [0.717, 1.165) is 9.35 Å². The van der Waals surface area contributed by atoms with E-state index in [9.17, 15) is 4.79 Å². The Kier molecular flexibility index (Phi) is 2.97. The molecule has 0 fully saturated rings. The van der Waals surface area contributed by atoms with Gasteiger partial charge in [-0.3, -0.25) is 9.48 Å². The third-order valence-electron chi connectivity index (χ3n) is 2.01. The van der Waals surface area contributed by atoms with E-state index >= 15 is 0 Å². The van der Waals surface area contributed by atoms with E-state index in [1.165, 1.54) is 17.7 Å². The maximum absolute atomic E-state index is 11.8. The number of aryl methyl sites for hydroxylation is 1. The number of Topliss-reactive ketones (excluding diaryl/α,β-unsaturated/α-hetero) is 1. The van der Waals surface area contributed by atoms with Crippen LogP contribution >= 0.6 is 27.3 Å². The van der Waals surface area contributed by atoms with Crippen molar-refractivity contribution in [1.29, 1.82) is 0 Å². The molecule has 6 heteroatoms. The molecule has 2 rings (SSSR count). The molecule has 0 atom stereocenters. The van der Waals surface area contributed by atoms with Crippen molar-refractivity contribution < 1.29 is 4.79 Å². The van der Waals surface area contributed by atoms with Crippen LogP contribution in [0.3, 0.4) is 0 Å². The standard InChI is InChI=1S/C9H8BrN3OS/c1-13-9(11-5-12-13)3-7(14)6-2-8(10)15-4-6/h2,4-5H,3H2,1H3. The van der Waals surface area contributed by atoms with E-state index in [0.29, 0.717) is 12.2 Å². The van der Waals surface area contributed by atoms with E-state index in [1.54, 1.807) is 11.7 Å². The van der Waals surface area contributed by atoms with Gasteiger partial charge in [-0.2, -0.15) is 5.10 Å². The number of carbonyl (C=O) groups excluding carboxylic acids is 1. The summed E-state index contributed by atoms with van der Waals surface area (Å²) in [4.78, 5) is 15.8. The number of carbonyl (C=O) groups is 1. The first kappa shape index (κ1) is 10.5. The van der Waals surface area contributed by atoms with Crippen LogP contribution in [0.4, 0.5) is 0 Å². The smallest absolute Gasteiger partial charge is 0.171 e. The lowest BCUT2D eigenvalue weighted by molar-refractivity contribution is 0.0990. The predicted molar refractivity (Wildman–Crippen MR) is 61.1 cm³/mol. The first-order valence-electron chi connectivity index (χ1n) is 4.27. The fraction of sp³-hybridized carbons (Fsp3) is 0.222. The number of hydrogen-bond donors (Lipinski definition) is 0. The third kappa shape index (κ3) is 2.32. The molecule has 0 N–H and O–H groups in total. The number of aromatic nitrogens is 3. The molecule has 0 saturated carbocycles. The minimum absolute atomic E-state index is 0.0630. The average Bonchev–Trinajstić information content (AvgIpc) is 2.77. The summed E-state index contributed by atoms with van der Waals surface area (Å²) in [5, 5.41) is 5.75. The molecule has 2 aromatic heterocycles. The number of thiophene rings is 1. The van der Waals surface area contributed by atoms with Gasteiger partial charge in [-0.05, 0) is 22.0 Å². The summed E-state index contributed by atoms with van der Waals surface area (Å²) in [7, 11) is 1.78. The molecule has 0 aliphatic rings. The molecular formula is C9H8BrN3OS. The van der Waals surface area contributed by atoms with Gasteiger partial charge >= 0.3 is 0 Å². The highest BCUT2D eigenvalue weighted by molar-refractivity contribution is 9.11. The van der Waals surface area contributed by atoms with Crippen LogP contribution in [0.1, 0.15) is 16.2 Å². The maximum Gasteiger partial charge on any atom is 0.171 e. The highest BCUT2D eigenvalue weighted by Crippen LogP contribution is 2.21. The van der Waals surface area contributed by atoms with Gasteiger partial charge in [0.2, 0.25) is 0 Å². The van der Waals surface area contributed by atoms with Gasteiger partial charge in [-0.25, -0.2) is 4.98 Å². The fourth-order valence-corrected chi connectivity index (χ4v) is 2.34. The SMILES string of the molecule is Cn1ncnc1CC(=O)c1csc(Br)c1. The van der Waals surface area contributed by atoms with Crippen molar-refractivity contribution in [3.8, 4) is 0 Å². The van der Waals surface area contributed by atoms with Gasteiger partial charge in [0.1, 0.15) is 12.2 Å². The van der Waals surface area contributed by atoms with Gasteiger partial charge in [0.05, 0.1) is 10.2 Å². The number of hydrogen-bond acceptors (Lipinski definition) is 4. The zero-order valence-corrected chi connectivity index (χ0v) is 10.4. The Hall–Kier alpha value is -1.01. The highest BCUT2D eigenvalue weighted by atomic mass is 79.9. The number of rotatable bonds is 3. The zero-order valence-electron chi connectivity index (χ0n) is 7.98. The molecule has 0 bridgehead atoms. The van der Waals surface area contributed by atoms with Crippen LogP contribution < -0.4 is 0 Å². The van der Waals surface area contributed by atoms with Crippen LogP contribution in [0.5, 0.6) is 0 Å². The summed E-state index contributed by atoms with van der Waals surface area (Å²) in [6.45, 7) is 0. The van der Waals surface area contributed by atoms with Crippen LogP contribution in [0, 0.1) is 0 Å². The molecule has 0 unspecified atom stereocenters. The van der Waals surface area contributed by atoms with E-state index in [-0.39, 0.29) is 5.78 Å². The summed E-state index contributed by atoms with van der Waals surface area (Å²) >= 11 is 4.83. The minimum atomic E-state index is 0.0630. The van der Waals surface area contributed by atoms with Crippen LogP contribution in [-0.4, -0.2) is 20.5 Å². The molecule has 2 aromatic rings. The van der Waals surface area contributed by atoms with E-state index in [1.807, 2.05) is 11.4 Å². The van der Waals surface area contributed by atoms with Crippen LogP contribution in [0.25, 0.3) is 0 Å².